The summed E-state index contributed by atoms with van der Waals surface area (Å²) in [6.45, 7) is 0.0362. The lowest BCUT2D eigenvalue weighted by molar-refractivity contribution is -0.385. The highest BCUT2D eigenvalue weighted by atomic mass is 35.5. The third-order valence-corrected chi connectivity index (χ3v) is 2.86. The number of rotatable bonds is 3. The van der Waals surface area contributed by atoms with Crippen LogP contribution >= 0.6 is 11.6 Å². The zero-order valence-corrected chi connectivity index (χ0v) is 10.7. The highest BCUT2D eigenvalue weighted by molar-refractivity contribution is 6.30. The van der Waals surface area contributed by atoms with Gasteiger partial charge in [-0.2, -0.15) is 10.5 Å². The fourth-order valence-electron chi connectivity index (χ4n) is 1.74. The summed E-state index contributed by atoms with van der Waals surface area (Å²) in [4.78, 5) is 14.2. The SMILES string of the molecule is N#Cc1ncn(Cc2cc(Cl)ccc2[N+](=O)[O-])c1C#N. The molecule has 1 aromatic carbocycles. The van der Waals surface area contributed by atoms with Gasteiger partial charge in [0.25, 0.3) is 5.69 Å². The Kier molecular flexibility index (Phi) is 3.65. The summed E-state index contributed by atoms with van der Waals surface area (Å²) in [5.41, 5.74) is 0.269. The van der Waals surface area contributed by atoms with Gasteiger partial charge in [-0.25, -0.2) is 4.98 Å². The largest absolute Gasteiger partial charge is 0.316 e. The van der Waals surface area contributed by atoms with Crippen LogP contribution in [0.3, 0.4) is 0 Å². The normalized spacial score (nSPS) is 9.75. The molecule has 0 amide bonds. The molecule has 0 radical (unpaired) electrons. The van der Waals surface area contributed by atoms with Gasteiger partial charge in [-0.05, 0) is 12.1 Å². The van der Waals surface area contributed by atoms with Crippen molar-refractivity contribution in [2.75, 3.05) is 0 Å². The Morgan fingerprint density at radius 1 is 1.40 bits per heavy atom. The average molecular weight is 288 g/mol. The van der Waals surface area contributed by atoms with Gasteiger partial charge in [0.15, 0.2) is 11.4 Å². The number of benzene rings is 1. The smallest absolute Gasteiger partial charge is 0.274 e. The molecule has 2 aromatic rings. The molecule has 8 heteroatoms. The number of nitriles is 2. The van der Waals surface area contributed by atoms with E-state index in [0.29, 0.717) is 10.6 Å². The number of imidazole rings is 1. The van der Waals surface area contributed by atoms with E-state index >= 15 is 0 Å². The van der Waals surface area contributed by atoms with Gasteiger partial charge in [-0.1, -0.05) is 11.6 Å². The summed E-state index contributed by atoms with van der Waals surface area (Å²) in [6, 6.07) is 7.81. The van der Waals surface area contributed by atoms with E-state index in [1.165, 1.54) is 29.1 Å². The summed E-state index contributed by atoms with van der Waals surface area (Å²) in [6.07, 6.45) is 1.29. The molecule has 98 valence electrons. The summed E-state index contributed by atoms with van der Waals surface area (Å²) in [5.74, 6) is 0. The Bertz CT molecular complexity index is 769. The lowest BCUT2D eigenvalue weighted by Crippen LogP contribution is -2.04. The van der Waals surface area contributed by atoms with Crippen LogP contribution < -0.4 is 0 Å². The van der Waals surface area contributed by atoms with Gasteiger partial charge in [0.1, 0.15) is 12.1 Å². The first-order valence-electron chi connectivity index (χ1n) is 5.35. The maximum absolute atomic E-state index is 11.0. The lowest BCUT2D eigenvalue weighted by Gasteiger charge is -2.05. The second-order valence-electron chi connectivity index (χ2n) is 3.82. The van der Waals surface area contributed by atoms with Crippen LogP contribution in [0.1, 0.15) is 17.0 Å². The molecule has 0 saturated carbocycles. The molecule has 20 heavy (non-hydrogen) atoms. The maximum atomic E-state index is 11.0. The van der Waals surface area contributed by atoms with Crippen LogP contribution in [0.5, 0.6) is 0 Å². The summed E-state index contributed by atoms with van der Waals surface area (Å²) >= 11 is 5.83. The first-order chi connectivity index (χ1) is 9.56. The molecule has 1 aromatic heterocycles. The predicted octanol–water partition coefficient (Wildman–Crippen LogP) is 2.24. The number of hydrogen-bond acceptors (Lipinski definition) is 5. The van der Waals surface area contributed by atoms with Gasteiger partial charge < -0.3 is 4.57 Å². The number of nitrogens with zero attached hydrogens (tertiary/aromatic N) is 5. The van der Waals surface area contributed by atoms with Crippen molar-refractivity contribution in [2.24, 2.45) is 0 Å². The Balaban J connectivity index is 2.48. The molecule has 0 aliphatic carbocycles. The van der Waals surface area contributed by atoms with E-state index in [1.54, 1.807) is 6.07 Å². The fraction of sp³-hybridized carbons (Fsp3) is 0.0833. The third-order valence-electron chi connectivity index (χ3n) is 2.63. The standard InChI is InChI=1S/C12H6ClN5O2/c13-9-1-2-11(18(19)20)8(3-9)6-17-7-16-10(4-14)12(17)5-15/h1-3,7H,6H2. The number of halogens is 1. The number of nitro groups is 1. The Hall–Kier alpha value is -2.90. The summed E-state index contributed by atoms with van der Waals surface area (Å²) in [7, 11) is 0. The molecular weight excluding hydrogens is 282 g/mol. The fourth-order valence-corrected chi connectivity index (χ4v) is 1.94. The number of hydrogen-bond donors (Lipinski definition) is 0. The molecule has 0 N–H and O–H groups in total. The first-order valence-corrected chi connectivity index (χ1v) is 5.72. The van der Waals surface area contributed by atoms with Crippen molar-refractivity contribution in [1.29, 1.82) is 10.5 Å². The van der Waals surface area contributed by atoms with E-state index in [2.05, 4.69) is 4.98 Å². The molecule has 0 aliphatic heterocycles. The van der Waals surface area contributed by atoms with Crippen LogP contribution in [0.2, 0.25) is 5.02 Å². The van der Waals surface area contributed by atoms with Crippen LogP contribution in [-0.4, -0.2) is 14.5 Å². The molecule has 0 bridgehead atoms. The van der Waals surface area contributed by atoms with Crippen LogP contribution in [0.15, 0.2) is 24.5 Å². The van der Waals surface area contributed by atoms with E-state index in [1.807, 2.05) is 6.07 Å². The minimum atomic E-state index is -0.528. The van der Waals surface area contributed by atoms with Gasteiger partial charge in [-0.3, -0.25) is 10.1 Å². The minimum absolute atomic E-state index is 0.0165. The highest BCUT2D eigenvalue weighted by Gasteiger charge is 2.17. The zero-order valence-electron chi connectivity index (χ0n) is 9.95. The summed E-state index contributed by atoms with van der Waals surface area (Å²) in [5, 5.41) is 29.1. The van der Waals surface area contributed by atoms with Crippen LogP contribution in [0, 0.1) is 32.8 Å². The lowest BCUT2D eigenvalue weighted by atomic mass is 10.1. The van der Waals surface area contributed by atoms with Crippen molar-refractivity contribution in [3.8, 4) is 12.1 Å². The van der Waals surface area contributed by atoms with E-state index in [-0.39, 0.29) is 23.6 Å². The van der Waals surface area contributed by atoms with E-state index in [9.17, 15) is 10.1 Å². The van der Waals surface area contributed by atoms with Gasteiger partial charge in [0.05, 0.1) is 23.4 Å². The molecule has 1 heterocycles. The number of aromatic nitrogens is 2. The van der Waals surface area contributed by atoms with Crippen molar-refractivity contribution < 1.29 is 4.92 Å². The predicted molar refractivity (Wildman–Crippen MR) is 68.9 cm³/mol. The Morgan fingerprint density at radius 3 is 2.75 bits per heavy atom. The second kappa shape index (κ2) is 5.39. The molecule has 0 fully saturated rings. The topological polar surface area (TPSA) is 109 Å². The maximum Gasteiger partial charge on any atom is 0.274 e. The van der Waals surface area contributed by atoms with Crippen LogP contribution in [0.25, 0.3) is 0 Å². The molecule has 7 nitrogen and oxygen atoms in total. The monoisotopic (exact) mass is 287 g/mol. The quantitative estimate of drug-likeness (QED) is 0.635. The van der Waals surface area contributed by atoms with Crippen molar-refractivity contribution in [3.05, 3.63) is 56.6 Å². The molecule has 0 atom stereocenters. The van der Waals surface area contributed by atoms with E-state index < -0.39 is 4.92 Å². The van der Waals surface area contributed by atoms with Crippen LogP contribution in [0.4, 0.5) is 5.69 Å². The second-order valence-corrected chi connectivity index (χ2v) is 4.26. The third kappa shape index (κ3) is 2.44. The highest BCUT2D eigenvalue weighted by Crippen LogP contribution is 2.24. The van der Waals surface area contributed by atoms with Gasteiger partial charge in [0, 0.05) is 11.1 Å². The molecule has 0 spiro atoms. The van der Waals surface area contributed by atoms with Crippen molar-refractivity contribution in [1.82, 2.24) is 9.55 Å². The van der Waals surface area contributed by atoms with Gasteiger partial charge >= 0.3 is 0 Å². The van der Waals surface area contributed by atoms with Crippen molar-refractivity contribution in [2.45, 2.75) is 6.54 Å². The zero-order chi connectivity index (χ0) is 14.7. The molecule has 2 rings (SSSR count). The Labute approximate surface area is 118 Å². The molecule has 0 unspecified atom stereocenters. The average Bonchev–Trinajstić information content (AvgIpc) is 2.80. The van der Waals surface area contributed by atoms with Gasteiger partial charge in [-0.15, -0.1) is 0 Å². The van der Waals surface area contributed by atoms with Crippen molar-refractivity contribution in [3.63, 3.8) is 0 Å². The van der Waals surface area contributed by atoms with Crippen LogP contribution in [-0.2, 0) is 6.54 Å². The van der Waals surface area contributed by atoms with E-state index in [4.69, 9.17) is 22.1 Å². The minimum Gasteiger partial charge on any atom is -0.316 e. The molecular formula is C12H6ClN5O2. The number of nitro benzene ring substituents is 1. The van der Waals surface area contributed by atoms with Crippen molar-refractivity contribution >= 4 is 17.3 Å². The first kappa shape index (κ1) is 13.5. The Morgan fingerprint density at radius 2 is 2.15 bits per heavy atom. The van der Waals surface area contributed by atoms with E-state index in [0.717, 1.165) is 0 Å². The molecule has 0 aliphatic rings. The molecule has 0 saturated heterocycles. The summed E-state index contributed by atoms with van der Waals surface area (Å²) < 4.78 is 1.37. The van der Waals surface area contributed by atoms with Gasteiger partial charge in [0.2, 0.25) is 0 Å².